The van der Waals surface area contributed by atoms with E-state index in [2.05, 4.69) is 20.4 Å². The van der Waals surface area contributed by atoms with E-state index in [0.29, 0.717) is 11.1 Å². The van der Waals surface area contributed by atoms with Gasteiger partial charge in [0, 0.05) is 48.7 Å². The molecule has 0 atom stereocenters. The predicted molar refractivity (Wildman–Crippen MR) is 130 cm³/mol. The standard InChI is InChI=1S/C27H20F3N5O/c1-35-16-21(14-33-35)18-4-6-19(7-5-18)23-15-31-13-20-8-11-24(34-25(20)23)26(36)32-12-17-2-9-22(10-3-17)27(28,29)30/h2-11,13-16H,12H2,1H3,(H,32,36). The maximum absolute atomic E-state index is 12.8. The van der Waals surface area contributed by atoms with Crippen molar-refractivity contribution in [3.8, 4) is 22.3 Å². The van der Waals surface area contributed by atoms with Gasteiger partial charge in [0.1, 0.15) is 5.69 Å². The summed E-state index contributed by atoms with van der Waals surface area (Å²) in [5.74, 6) is -0.425. The van der Waals surface area contributed by atoms with Crippen molar-refractivity contribution < 1.29 is 18.0 Å². The quantitative estimate of drug-likeness (QED) is 0.348. The molecule has 0 unspecified atom stereocenters. The number of pyridine rings is 2. The summed E-state index contributed by atoms with van der Waals surface area (Å²) < 4.78 is 40.0. The minimum Gasteiger partial charge on any atom is -0.347 e. The van der Waals surface area contributed by atoms with Crippen LogP contribution in [0.2, 0.25) is 0 Å². The molecule has 5 rings (SSSR count). The zero-order chi connectivity index (χ0) is 25.3. The molecule has 0 radical (unpaired) electrons. The van der Waals surface area contributed by atoms with Crippen LogP contribution in [0.1, 0.15) is 21.6 Å². The molecule has 1 N–H and O–H groups in total. The third-order valence-electron chi connectivity index (χ3n) is 5.80. The molecule has 36 heavy (non-hydrogen) atoms. The van der Waals surface area contributed by atoms with Gasteiger partial charge in [-0.15, -0.1) is 0 Å². The highest BCUT2D eigenvalue weighted by Gasteiger charge is 2.29. The fraction of sp³-hybridized carbons (Fsp3) is 0.111. The van der Waals surface area contributed by atoms with Gasteiger partial charge in [0.25, 0.3) is 5.91 Å². The number of nitrogens with zero attached hydrogens (tertiary/aromatic N) is 4. The molecule has 0 aliphatic heterocycles. The zero-order valence-corrected chi connectivity index (χ0v) is 19.1. The molecule has 0 spiro atoms. The van der Waals surface area contributed by atoms with Gasteiger partial charge in [0.05, 0.1) is 17.3 Å². The number of alkyl halides is 3. The molecule has 6 nitrogen and oxygen atoms in total. The number of hydrogen-bond donors (Lipinski definition) is 1. The van der Waals surface area contributed by atoms with Crippen molar-refractivity contribution in [3.63, 3.8) is 0 Å². The van der Waals surface area contributed by atoms with Gasteiger partial charge in [0.2, 0.25) is 0 Å². The van der Waals surface area contributed by atoms with Gasteiger partial charge in [-0.3, -0.25) is 14.5 Å². The molecule has 1 amide bonds. The Kier molecular flexibility index (Phi) is 5.97. The van der Waals surface area contributed by atoms with E-state index in [-0.39, 0.29) is 12.2 Å². The number of aryl methyl sites for hydroxylation is 1. The Bertz CT molecular complexity index is 1540. The predicted octanol–water partition coefficient (Wildman–Crippen LogP) is 5.65. The van der Waals surface area contributed by atoms with E-state index >= 15 is 0 Å². The average Bonchev–Trinajstić information content (AvgIpc) is 3.32. The van der Waals surface area contributed by atoms with Gasteiger partial charge >= 0.3 is 6.18 Å². The van der Waals surface area contributed by atoms with Gasteiger partial charge in [-0.1, -0.05) is 36.4 Å². The number of nitrogens with one attached hydrogen (secondary N) is 1. The molecule has 0 aliphatic rings. The van der Waals surface area contributed by atoms with Crippen molar-refractivity contribution in [3.05, 3.63) is 102 Å². The highest BCUT2D eigenvalue weighted by molar-refractivity contribution is 5.98. The molecule has 3 heterocycles. The molecule has 0 saturated carbocycles. The Morgan fingerprint density at radius 3 is 2.28 bits per heavy atom. The summed E-state index contributed by atoms with van der Waals surface area (Å²) >= 11 is 0. The maximum atomic E-state index is 12.8. The number of fused-ring (bicyclic) bond motifs is 1. The average molecular weight is 487 g/mol. The van der Waals surface area contributed by atoms with Crippen LogP contribution in [-0.2, 0) is 19.8 Å². The zero-order valence-electron chi connectivity index (χ0n) is 19.1. The van der Waals surface area contributed by atoms with E-state index in [0.717, 1.165) is 39.8 Å². The summed E-state index contributed by atoms with van der Waals surface area (Å²) in [4.78, 5) is 21.7. The largest absolute Gasteiger partial charge is 0.416 e. The Labute approximate surface area is 204 Å². The number of rotatable bonds is 5. The number of hydrogen-bond acceptors (Lipinski definition) is 4. The van der Waals surface area contributed by atoms with Crippen LogP contribution in [0.25, 0.3) is 33.2 Å². The molecule has 180 valence electrons. The van der Waals surface area contributed by atoms with Crippen LogP contribution in [0.15, 0.2) is 85.5 Å². The summed E-state index contributed by atoms with van der Waals surface area (Å²) in [7, 11) is 1.86. The summed E-state index contributed by atoms with van der Waals surface area (Å²) in [6.45, 7) is 0.0791. The van der Waals surface area contributed by atoms with Gasteiger partial charge in [-0.25, -0.2) is 4.98 Å². The first-order chi connectivity index (χ1) is 17.3. The third-order valence-corrected chi connectivity index (χ3v) is 5.80. The third kappa shape index (κ3) is 4.81. The molecule has 3 aromatic heterocycles. The highest BCUT2D eigenvalue weighted by Crippen LogP contribution is 2.30. The van der Waals surface area contributed by atoms with Gasteiger partial charge in [0.15, 0.2) is 0 Å². The highest BCUT2D eigenvalue weighted by atomic mass is 19.4. The van der Waals surface area contributed by atoms with Crippen molar-refractivity contribution in [2.75, 3.05) is 0 Å². The lowest BCUT2D eigenvalue weighted by molar-refractivity contribution is -0.137. The van der Waals surface area contributed by atoms with Crippen LogP contribution in [-0.4, -0.2) is 25.7 Å². The monoisotopic (exact) mass is 487 g/mol. The number of carbonyl (C=O) groups excluding carboxylic acids is 1. The number of benzene rings is 2. The first kappa shape index (κ1) is 23.2. The molecule has 0 aliphatic carbocycles. The van der Waals surface area contributed by atoms with E-state index in [9.17, 15) is 18.0 Å². The van der Waals surface area contributed by atoms with Crippen molar-refractivity contribution in [2.45, 2.75) is 12.7 Å². The van der Waals surface area contributed by atoms with Crippen molar-refractivity contribution in [1.82, 2.24) is 25.1 Å². The summed E-state index contributed by atoms with van der Waals surface area (Å²) in [6, 6.07) is 16.0. The lowest BCUT2D eigenvalue weighted by atomic mass is 10.0. The fourth-order valence-corrected chi connectivity index (χ4v) is 3.88. The SMILES string of the molecule is Cn1cc(-c2ccc(-c3cncc4ccc(C(=O)NCc5ccc(C(F)(F)F)cc5)nc34)cc2)cn1. The van der Waals surface area contributed by atoms with Crippen molar-refractivity contribution in [2.24, 2.45) is 7.05 Å². The van der Waals surface area contributed by atoms with E-state index in [1.54, 1.807) is 35.4 Å². The van der Waals surface area contributed by atoms with Gasteiger partial charge < -0.3 is 5.32 Å². The summed E-state index contributed by atoms with van der Waals surface area (Å²) in [5.41, 5.74) is 4.36. The van der Waals surface area contributed by atoms with E-state index in [4.69, 9.17) is 0 Å². The first-order valence-electron chi connectivity index (χ1n) is 11.1. The molecular weight excluding hydrogens is 467 g/mol. The first-order valence-corrected chi connectivity index (χ1v) is 11.1. The molecule has 5 aromatic rings. The van der Waals surface area contributed by atoms with E-state index in [1.807, 2.05) is 37.5 Å². The summed E-state index contributed by atoms with van der Waals surface area (Å²) in [6.07, 6.45) is 2.72. The fourth-order valence-electron chi connectivity index (χ4n) is 3.88. The molecular formula is C27H20F3N5O. The van der Waals surface area contributed by atoms with Crippen LogP contribution in [0.4, 0.5) is 13.2 Å². The normalized spacial score (nSPS) is 11.6. The van der Waals surface area contributed by atoms with Gasteiger partial charge in [-0.05, 0) is 41.0 Å². The molecule has 2 aromatic carbocycles. The van der Waals surface area contributed by atoms with Crippen LogP contribution in [0, 0.1) is 0 Å². The number of aromatic nitrogens is 4. The second-order valence-electron chi connectivity index (χ2n) is 8.31. The van der Waals surface area contributed by atoms with Crippen LogP contribution in [0.5, 0.6) is 0 Å². The van der Waals surface area contributed by atoms with E-state index < -0.39 is 17.6 Å². The van der Waals surface area contributed by atoms with Gasteiger partial charge in [-0.2, -0.15) is 18.3 Å². The second kappa shape index (κ2) is 9.26. The van der Waals surface area contributed by atoms with Crippen LogP contribution in [0.3, 0.4) is 0 Å². The minimum absolute atomic E-state index is 0.0791. The molecule has 0 fully saturated rings. The van der Waals surface area contributed by atoms with Crippen molar-refractivity contribution in [1.29, 1.82) is 0 Å². The number of carbonyl (C=O) groups is 1. The number of amides is 1. The van der Waals surface area contributed by atoms with Crippen LogP contribution >= 0.6 is 0 Å². The molecule has 0 saturated heterocycles. The van der Waals surface area contributed by atoms with Crippen molar-refractivity contribution >= 4 is 16.8 Å². The topological polar surface area (TPSA) is 72.7 Å². The Morgan fingerprint density at radius 2 is 1.61 bits per heavy atom. The number of halogens is 3. The lowest BCUT2D eigenvalue weighted by Gasteiger charge is -2.10. The minimum atomic E-state index is -4.40. The summed E-state index contributed by atoms with van der Waals surface area (Å²) in [5, 5.41) is 7.70. The smallest absolute Gasteiger partial charge is 0.347 e. The van der Waals surface area contributed by atoms with E-state index in [1.165, 1.54) is 12.1 Å². The maximum Gasteiger partial charge on any atom is 0.416 e. The lowest BCUT2D eigenvalue weighted by Crippen LogP contribution is -2.23. The van der Waals surface area contributed by atoms with Crippen LogP contribution < -0.4 is 5.32 Å². The Morgan fingerprint density at radius 1 is 0.889 bits per heavy atom. The Balaban J connectivity index is 1.37. The molecule has 0 bridgehead atoms. The Hall–Kier alpha value is -4.53. The molecule has 9 heteroatoms. The second-order valence-corrected chi connectivity index (χ2v) is 8.31.